The molecule has 2 saturated heterocycles. The van der Waals surface area contributed by atoms with Crippen LogP contribution in [0.4, 0.5) is 0 Å². The number of nitrogens with one attached hydrogen (secondary N) is 1. The van der Waals surface area contributed by atoms with E-state index in [9.17, 15) is 9.59 Å². The Bertz CT molecular complexity index is 355. The predicted molar refractivity (Wildman–Crippen MR) is 67.8 cm³/mol. The first-order valence-corrected chi connectivity index (χ1v) is 7.27. The van der Waals surface area contributed by atoms with Crippen LogP contribution < -0.4 is 5.32 Å². The second-order valence-electron chi connectivity index (χ2n) is 6.16. The average Bonchev–Trinajstić information content (AvgIpc) is 3.03. The number of imide groups is 1. The highest BCUT2D eigenvalue weighted by Gasteiger charge is 2.52. The number of amides is 2. The van der Waals surface area contributed by atoms with E-state index in [1.165, 1.54) is 6.42 Å². The lowest BCUT2D eigenvalue weighted by Gasteiger charge is -2.21. The van der Waals surface area contributed by atoms with Gasteiger partial charge in [-0.3, -0.25) is 14.5 Å². The summed E-state index contributed by atoms with van der Waals surface area (Å²) in [6, 6.07) is 0. The lowest BCUT2D eigenvalue weighted by atomic mass is 9.84. The maximum atomic E-state index is 12.4. The maximum absolute atomic E-state index is 12.4. The molecule has 0 radical (unpaired) electrons. The van der Waals surface area contributed by atoms with Crippen LogP contribution in [0.3, 0.4) is 0 Å². The monoisotopic (exact) mass is 250 g/mol. The summed E-state index contributed by atoms with van der Waals surface area (Å²) in [6.07, 6.45) is 6.72. The topological polar surface area (TPSA) is 49.4 Å². The van der Waals surface area contributed by atoms with E-state index in [4.69, 9.17) is 0 Å². The van der Waals surface area contributed by atoms with Gasteiger partial charge in [-0.2, -0.15) is 0 Å². The van der Waals surface area contributed by atoms with Gasteiger partial charge in [0.1, 0.15) is 0 Å². The van der Waals surface area contributed by atoms with Crippen LogP contribution in [0.25, 0.3) is 0 Å². The highest BCUT2D eigenvalue weighted by molar-refractivity contribution is 6.06. The normalized spacial score (nSPS) is 30.9. The van der Waals surface area contributed by atoms with Crippen LogP contribution in [-0.4, -0.2) is 36.3 Å². The molecule has 1 unspecified atom stereocenters. The van der Waals surface area contributed by atoms with Gasteiger partial charge in [-0.05, 0) is 44.7 Å². The van der Waals surface area contributed by atoms with E-state index in [1.807, 2.05) is 0 Å². The zero-order chi connectivity index (χ0) is 12.6. The molecule has 100 valence electrons. The molecule has 0 aromatic heterocycles. The first-order chi connectivity index (χ1) is 8.71. The van der Waals surface area contributed by atoms with Gasteiger partial charge >= 0.3 is 0 Å². The Kier molecular flexibility index (Phi) is 3.14. The third-order valence-corrected chi connectivity index (χ3v) is 4.97. The molecule has 1 N–H and O–H groups in total. The van der Waals surface area contributed by atoms with E-state index < -0.39 is 0 Å². The fourth-order valence-corrected chi connectivity index (χ4v) is 3.80. The smallest absolute Gasteiger partial charge is 0.235 e. The number of carbonyl (C=O) groups excluding carboxylic acids is 2. The number of likely N-dealkylation sites (tertiary alicyclic amines) is 1. The van der Waals surface area contributed by atoms with Crippen molar-refractivity contribution in [1.29, 1.82) is 0 Å². The molecule has 1 spiro atoms. The number of hydrogen-bond donors (Lipinski definition) is 1. The van der Waals surface area contributed by atoms with Crippen LogP contribution in [0.1, 0.15) is 44.9 Å². The van der Waals surface area contributed by atoms with Crippen LogP contribution in [-0.2, 0) is 9.59 Å². The fourth-order valence-electron chi connectivity index (χ4n) is 3.80. The van der Waals surface area contributed by atoms with Crippen LogP contribution in [0, 0.1) is 11.3 Å². The number of carbonyl (C=O) groups is 2. The molecule has 2 aliphatic heterocycles. The van der Waals surface area contributed by atoms with Crippen LogP contribution in [0.15, 0.2) is 0 Å². The summed E-state index contributed by atoms with van der Waals surface area (Å²) in [5, 5.41) is 3.33. The van der Waals surface area contributed by atoms with Crippen LogP contribution >= 0.6 is 0 Å². The summed E-state index contributed by atoms with van der Waals surface area (Å²) >= 11 is 0. The second-order valence-corrected chi connectivity index (χ2v) is 6.16. The van der Waals surface area contributed by atoms with Crippen LogP contribution in [0.2, 0.25) is 0 Å². The van der Waals surface area contributed by atoms with E-state index in [0.717, 1.165) is 45.2 Å². The Hall–Kier alpha value is -0.900. The van der Waals surface area contributed by atoms with Gasteiger partial charge in [-0.25, -0.2) is 0 Å². The van der Waals surface area contributed by atoms with Crippen molar-refractivity contribution < 1.29 is 9.59 Å². The fraction of sp³-hybridized carbons (Fsp3) is 0.857. The van der Waals surface area contributed by atoms with Gasteiger partial charge in [-0.15, -0.1) is 0 Å². The first kappa shape index (κ1) is 12.2. The molecule has 0 aromatic rings. The van der Waals surface area contributed by atoms with Gasteiger partial charge in [0, 0.05) is 13.0 Å². The molecule has 0 bridgehead atoms. The molecular weight excluding hydrogens is 228 g/mol. The first-order valence-electron chi connectivity index (χ1n) is 7.27. The van der Waals surface area contributed by atoms with Crippen molar-refractivity contribution in [1.82, 2.24) is 10.2 Å². The van der Waals surface area contributed by atoms with E-state index >= 15 is 0 Å². The lowest BCUT2D eigenvalue weighted by Crippen LogP contribution is -2.35. The number of hydrogen-bond acceptors (Lipinski definition) is 3. The molecule has 4 heteroatoms. The minimum atomic E-state index is -0.287. The standard InChI is InChI=1S/C14H22N2O2/c17-12-9-14(5-1-2-6-14)13(18)16(12)8-4-11-3-7-15-10-11/h11,15H,1-10H2. The average molecular weight is 250 g/mol. The Labute approximate surface area is 108 Å². The molecule has 18 heavy (non-hydrogen) atoms. The molecule has 3 aliphatic rings. The van der Waals surface area contributed by atoms with Gasteiger partial charge in [0.2, 0.25) is 11.8 Å². The van der Waals surface area contributed by atoms with Gasteiger partial charge in [0.05, 0.1) is 5.41 Å². The van der Waals surface area contributed by atoms with Crippen molar-refractivity contribution in [3.05, 3.63) is 0 Å². The van der Waals surface area contributed by atoms with Crippen LogP contribution in [0.5, 0.6) is 0 Å². The highest BCUT2D eigenvalue weighted by atomic mass is 16.2. The number of rotatable bonds is 3. The summed E-state index contributed by atoms with van der Waals surface area (Å²) < 4.78 is 0. The molecule has 1 atom stereocenters. The largest absolute Gasteiger partial charge is 0.316 e. The van der Waals surface area contributed by atoms with Crippen molar-refractivity contribution in [2.24, 2.45) is 11.3 Å². The predicted octanol–water partition coefficient (Wildman–Crippen LogP) is 1.31. The molecule has 1 aliphatic carbocycles. The summed E-state index contributed by atoms with van der Waals surface area (Å²) in [5.41, 5.74) is -0.287. The molecule has 2 amide bonds. The van der Waals surface area contributed by atoms with Crippen molar-refractivity contribution in [2.45, 2.75) is 44.9 Å². The van der Waals surface area contributed by atoms with Gasteiger partial charge < -0.3 is 5.32 Å². The van der Waals surface area contributed by atoms with Crippen molar-refractivity contribution in [3.63, 3.8) is 0 Å². The quantitative estimate of drug-likeness (QED) is 0.768. The molecule has 1 saturated carbocycles. The molecular formula is C14H22N2O2. The molecule has 3 fully saturated rings. The summed E-state index contributed by atoms with van der Waals surface area (Å²) in [7, 11) is 0. The lowest BCUT2D eigenvalue weighted by molar-refractivity contribution is -0.141. The summed E-state index contributed by atoms with van der Waals surface area (Å²) in [4.78, 5) is 26.0. The second kappa shape index (κ2) is 4.65. The molecule has 3 rings (SSSR count). The zero-order valence-electron chi connectivity index (χ0n) is 10.9. The number of nitrogens with zero attached hydrogens (tertiary/aromatic N) is 1. The Balaban J connectivity index is 1.61. The van der Waals surface area contributed by atoms with Gasteiger partial charge in [0.25, 0.3) is 0 Å². The molecule has 0 aromatic carbocycles. The van der Waals surface area contributed by atoms with Gasteiger partial charge in [-0.1, -0.05) is 12.8 Å². The van der Waals surface area contributed by atoms with E-state index in [2.05, 4.69) is 5.32 Å². The van der Waals surface area contributed by atoms with Crippen molar-refractivity contribution in [2.75, 3.05) is 19.6 Å². The highest BCUT2D eigenvalue weighted by Crippen LogP contribution is 2.46. The van der Waals surface area contributed by atoms with E-state index in [0.29, 0.717) is 18.9 Å². The zero-order valence-corrected chi connectivity index (χ0v) is 10.9. The third-order valence-electron chi connectivity index (χ3n) is 4.97. The van der Waals surface area contributed by atoms with E-state index in [1.54, 1.807) is 4.90 Å². The Morgan fingerprint density at radius 3 is 2.72 bits per heavy atom. The van der Waals surface area contributed by atoms with E-state index in [-0.39, 0.29) is 17.2 Å². The van der Waals surface area contributed by atoms with Gasteiger partial charge in [0.15, 0.2) is 0 Å². The van der Waals surface area contributed by atoms with Crippen molar-refractivity contribution in [3.8, 4) is 0 Å². The minimum absolute atomic E-state index is 0.0767. The Morgan fingerprint density at radius 1 is 1.28 bits per heavy atom. The SMILES string of the molecule is O=C1CC2(CCCC2)C(=O)N1CCC1CCNC1. The Morgan fingerprint density at radius 2 is 2.06 bits per heavy atom. The summed E-state index contributed by atoms with van der Waals surface area (Å²) in [5.74, 6) is 0.856. The maximum Gasteiger partial charge on any atom is 0.235 e. The molecule has 2 heterocycles. The minimum Gasteiger partial charge on any atom is -0.316 e. The third kappa shape index (κ3) is 1.96. The summed E-state index contributed by atoms with van der Waals surface area (Å²) in [6.45, 7) is 2.77. The molecule has 4 nitrogen and oxygen atoms in total. The van der Waals surface area contributed by atoms with Crippen molar-refractivity contribution >= 4 is 11.8 Å².